The first-order chi connectivity index (χ1) is 12.8. The number of aromatic amines is 1. The zero-order chi connectivity index (χ0) is 17.9. The van der Waals surface area contributed by atoms with Gasteiger partial charge in [0, 0.05) is 18.8 Å². The summed E-state index contributed by atoms with van der Waals surface area (Å²) in [6.45, 7) is 0.377. The molecule has 0 bridgehead atoms. The van der Waals surface area contributed by atoms with Crippen LogP contribution in [0, 0.1) is 0 Å². The van der Waals surface area contributed by atoms with E-state index < -0.39 is 0 Å². The quantitative estimate of drug-likeness (QED) is 0.508. The van der Waals surface area contributed by atoms with Crippen LogP contribution >= 0.6 is 0 Å². The maximum Gasteiger partial charge on any atom is 0.191 e. The van der Waals surface area contributed by atoms with E-state index in [0.29, 0.717) is 35.0 Å². The molecule has 3 heterocycles. The molecule has 0 atom stereocenters. The van der Waals surface area contributed by atoms with E-state index in [2.05, 4.69) is 25.5 Å². The Bertz CT molecular complexity index is 1110. The van der Waals surface area contributed by atoms with Crippen LogP contribution in [-0.2, 0) is 6.54 Å². The zero-order valence-electron chi connectivity index (χ0n) is 13.8. The van der Waals surface area contributed by atoms with Gasteiger partial charge in [0.15, 0.2) is 11.3 Å². The molecule has 8 nitrogen and oxygen atoms in total. The second-order valence-electron chi connectivity index (χ2n) is 5.67. The van der Waals surface area contributed by atoms with Gasteiger partial charge in [-0.2, -0.15) is 0 Å². The third-order valence-corrected chi connectivity index (χ3v) is 3.98. The normalized spacial score (nSPS) is 11.0. The summed E-state index contributed by atoms with van der Waals surface area (Å²) in [5.74, 6) is 1.15. The molecule has 0 radical (unpaired) electrons. The molecule has 1 aromatic carbocycles. The van der Waals surface area contributed by atoms with Gasteiger partial charge in [0.2, 0.25) is 0 Å². The van der Waals surface area contributed by atoms with Crippen molar-refractivity contribution in [2.45, 2.75) is 6.54 Å². The number of fused-ring (bicyclic) bond motifs is 1. The molecule has 3 aromatic heterocycles. The zero-order valence-corrected chi connectivity index (χ0v) is 13.8. The van der Waals surface area contributed by atoms with Gasteiger partial charge in [-0.1, -0.05) is 12.1 Å². The lowest BCUT2D eigenvalue weighted by Gasteiger charge is -2.10. The lowest BCUT2D eigenvalue weighted by molar-refractivity contribution is 0.276. The van der Waals surface area contributed by atoms with Crippen LogP contribution in [0.15, 0.2) is 59.8 Å². The first-order valence-electron chi connectivity index (χ1n) is 8.10. The number of aromatic nitrogens is 5. The van der Waals surface area contributed by atoms with Gasteiger partial charge in [0.05, 0.1) is 23.2 Å². The second kappa shape index (κ2) is 6.77. The summed E-state index contributed by atoms with van der Waals surface area (Å²) in [5, 5.41) is 20.9. The molecule has 0 aliphatic heterocycles. The number of H-pyrrole nitrogens is 1. The standard InChI is InChI=1S/C18H16N6O2/c25-10-9-24-11-20-23-18(24)14-5-2-6-16(22-14)21-13-4-1-3-12-17(13)15(26)7-8-19-12/h1-8,11,25H,9-10H2,(H,19,26)(H,21,22). The van der Waals surface area contributed by atoms with Gasteiger partial charge < -0.3 is 20.0 Å². The highest BCUT2D eigenvalue weighted by Crippen LogP contribution is 2.23. The summed E-state index contributed by atoms with van der Waals surface area (Å²) < 4.78 is 1.73. The minimum absolute atomic E-state index is 0.0121. The Morgan fingerprint density at radius 1 is 1.15 bits per heavy atom. The minimum atomic E-state index is -0.0688. The largest absolute Gasteiger partial charge is 0.395 e. The summed E-state index contributed by atoms with van der Waals surface area (Å²) in [5.41, 5.74) is 1.97. The number of rotatable bonds is 5. The molecule has 0 spiro atoms. The van der Waals surface area contributed by atoms with Crippen molar-refractivity contribution in [1.82, 2.24) is 24.7 Å². The predicted octanol–water partition coefficient (Wildman–Crippen LogP) is 1.92. The Kier molecular flexibility index (Phi) is 4.16. The minimum Gasteiger partial charge on any atom is -0.395 e. The molecule has 0 fully saturated rings. The van der Waals surface area contributed by atoms with E-state index in [4.69, 9.17) is 5.11 Å². The van der Waals surface area contributed by atoms with Crippen LogP contribution in [0.2, 0.25) is 0 Å². The molecule has 0 saturated carbocycles. The number of hydrogen-bond donors (Lipinski definition) is 3. The highest BCUT2D eigenvalue weighted by molar-refractivity contribution is 5.92. The fourth-order valence-electron chi connectivity index (χ4n) is 2.82. The van der Waals surface area contributed by atoms with E-state index in [1.807, 2.05) is 36.4 Å². The number of nitrogens with one attached hydrogen (secondary N) is 2. The van der Waals surface area contributed by atoms with Crippen molar-refractivity contribution in [3.05, 3.63) is 65.2 Å². The average molecular weight is 348 g/mol. The third kappa shape index (κ3) is 2.93. The molecule has 130 valence electrons. The first-order valence-corrected chi connectivity index (χ1v) is 8.10. The molecular weight excluding hydrogens is 332 g/mol. The molecule has 0 aliphatic rings. The van der Waals surface area contributed by atoms with Gasteiger partial charge in [-0.3, -0.25) is 4.79 Å². The predicted molar refractivity (Wildman–Crippen MR) is 98.2 cm³/mol. The van der Waals surface area contributed by atoms with Crippen molar-refractivity contribution < 1.29 is 5.11 Å². The maximum absolute atomic E-state index is 12.2. The van der Waals surface area contributed by atoms with Crippen molar-refractivity contribution in [3.63, 3.8) is 0 Å². The number of anilines is 2. The highest BCUT2D eigenvalue weighted by atomic mass is 16.3. The molecule has 4 aromatic rings. The third-order valence-electron chi connectivity index (χ3n) is 3.98. The summed E-state index contributed by atoms with van der Waals surface area (Å²) in [6, 6.07) is 12.5. The molecule has 0 unspecified atom stereocenters. The summed E-state index contributed by atoms with van der Waals surface area (Å²) >= 11 is 0. The molecule has 0 saturated heterocycles. The summed E-state index contributed by atoms with van der Waals surface area (Å²) in [4.78, 5) is 19.9. The topological polar surface area (TPSA) is 109 Å². The lowest BCUT2D eigenvalue weighted by atomic mass is 10.1. The Morgan fingerprint density at radius 2 is 2.04 bits per heavy atom. The van der Waals surface area contributed by atoms with Crippen LogP contribution in [0.1, 0.15) is 0 Å². The fourth-order valence-corrected chi connectivity index (χ4v) is 2.82. The number of benzene rings is 1. The van der Waals surface area contributed by atoms with E-state index in [9.17, 15) is 4.79 Å². The Morgan fingerprint density at radius 3 is 2.92 bits per heavy atom. The van der Waals surface area contributed by atoms with E-state index in [-0.39, 0.29) is 12.0 Å². The van der Waals surface area contributed by atoms with Crippen LogP contribution < -0.4 is 10.7 Å². The Labute approximate surface area is 148 Å². The number of hydrogen-bond acceptors (Lipinski definition) is 6. The van der Waals surface area contributed by atoms with Crippen molar-refractivity contribution in [1.29, 1.82) is 0 Å². The monoisotopic (exact) mass is 348 g/mol. The molecule has 26 heavy (non-hydrogen) atoms. The molecular formula is C18H16N6O2. The Balaban J connectivity index is 1.73. The van der Waals surface area contributed by atoms with Crippen LogP contribution in [0.25, 0.3) is 22.4 Å². The average Bonchev–Trinajstić information content (AvgIpc) is 3.11. The van der Waals surface area contributed by atoms with E-state index in [1.165, 1.54) is 6.07 Å². The first kappa shape index (κ1) is 16.0. The molecule has 0 amide bonds. The number of nitrogens with zero attached hydrogens (tertiary/aromatic N) is 4. The van der Waals surface area contributed by atoms with Crippen LogP contribution in [-0.4, -0.2) is 36.4 Å². The summed E-state index contributed by atoms with van der Waals surface area (Å²) in [6.07, 6.45) is 3.18. The van der Waals surface area contributed by atoms with Crippen LogP contribution in [0.3, 0.4) is 0 Å². The number of aliphatic hydroxyl groups is 1. The molecule has 8 heteroatoms. The summed E-state index contributed by atoms with van der Waals surface area (Å²) in [7, 11) is 0. The van der Waals surface area contributed by atoms with Crippen molar-refractivity contribution in [3.8, 4) is 11.5 Å². The maximum atomic E-state index is 12.2. The van der Waals surface area contributed by atoms with Crippen molar-refractivity contribution in [2.75, 3.05) is 11.9 Å². The van der Waals surface area contributed by atoms with Crippen LogP contribution in [0.5, 0.6) is 0 Å². The Hall–Kier alpha value is -3.52. The van der Waals surface area contributed by atoms with E-state index >= 15 is 0 Å². The van der Waals surface area contributed by atoms with Crippen molar-refractivity contribution in [2.24, 2.45) is 0 Å². The molecule has 4 rings (SSSR count). The van der Waals surface area contributed by atoms with E-state index in [0.717, 1.165) is 5.52 Å². The number of aliphatic hydroxyl groups excluding tert-OH is 1. The van der Waals surface area contributed by atoms with Gasteiger partial charge >= 0.3 is 0 Å². The van der Waals surface area contributed by atoms with Gasteiger partial charge in [-0.05, 0) is 24.3 Å². The van der Waals surface area contributed by atoms with Gasteiger partial charge in [-0.25, -0.2) is 4.98 Å². The smallest absolute Gasteiger partial charge is 0.191 e. The fraction of sp³-hybridized carbons (Fsp3) is 0.111. The van der Waals surface area contributed by atoms with Gasteiger partial charge in [0.1, 0.15) is 17.8 Å². The highest BCUT2D eigenvalue weighted by Gasteiger charge is 2.10. The SMILES string of the molecule is O=c1cc[nH]c2cccc(Nc3cccc(-c4nncn4CCO)n3)c12. The van der Waals surface area contributed by atoms with Gasteiger partial charge in [0.25, 0.3) is 0 Å². The van der Waals surface area contributed by atoms with Crippen molar-refractivity contribution >= 4 is 22.4 Å². The number of pyridine rings is 2. The van der Waals surface area contributed by atoms with Gasteiger partial charge in [-0.15, -0.1) is 10.2 Å². The molecule has 3 N–H and O–H groups in total. The van der Waals surface area contributed by atoms with E-state index in [1.54, 1.807) is 17.1 Å². The second-order valence-corrected chi connectivity index (χ2v) is 5.67. The lowest BCUT2D eigenvalue weighted by Crippen LogP contribution is -2.06. The van der Waals surface area contributed by atoms with Crippen LogP contribution in [0.4, 0.5) is 11.5 Å². The molecule has 0 aliphatic carbocycles.